The molecule has 4 heterocycles. The first kappa shape index (κ1) is 31.7. The second kappa shape index (κ2) is 13.6. The highest BCUT2D eigenvalue weighted by Gasteiger charge is 2.34. The second-order valence-electron chi connectivity index (χ2n) is 12.0. The smallest absolute Gasteiger partial charge is 0.258 e. The van der Waals surface area contributed by atoms with Gasteiger partial charge in [-0.05, 0) is 67.3 Å². The fourth-order valence-electron chi connectivity index (χ4n) is 6.11. The summed E-state index contributed by atoms with van der Waals surface area (Å²) in [5, 5.41) is 10.3. The summed E-state index contributed by atoms with van der Waals surface area (Å²) in [6.45, 7) is 4.38. The molecule has 3 amide bonds. The number of piperidine rings is 1. The number of benzene rings is 2. The number of aromatic nitrogens is 3. The number of amides is 3. The Morgan fingerprint density at radius 3 is 2.68 bits per heavy atom. The molecule has 0 radical (unpaired) electrons. The van der Waals surface area contributed by atoms with Gasteiger partial charge >= 0.3 is 0 Å². The molecule has 0 aliphatic carbocycles. The van der Waals surface area contributed by atoms with Gasteiger partial charge in [-0.3, -0.25) is 24.0 Å². The Morgan fingerprint density at radius 2 is 1.87 bits per heavy atom. The van der Waals surface area contributed by atoms with Gasteiger partial charge < -0.3 is 25.0 Å². The van der Waals surface area contributed by atoms with Gasteiger partial charge in [0.15, 0.2) is 6.61 Å². The molecular formula is C35H37FN6O5. The van der Waals surface area contributed by atoms with Gasteiger partial charge in [-0.1, -0.05) is 12.1 Å². The molecule has 1 fully saturated rings. The van der Waals surface area contributed by atoms with E-state index in [1.165, 1.54) is 18.3 Å². The molecule has 0 unspecified atom stereocenters. The van der Waals surface area contributed by atoms with E-state index >= 15 is 0 Å². The van der Waals surface area contributed by atoms with Crippen LogP contribution in [0.1, 0.15) is 45.7 Å². The van der Waals surface area contributed by atoms with E-state index in [0.29, 0.717) is 48.2 Å². The zero-order chi connectivity index (χ0) is 33.1. The number of aryl methyl sites for hydroxylation is 2. The molecule has 2 atom stereocenters. The van der Waals surface area contributed by atoms with Crippen molar-refractivity contribution in [3.8, 4) is 22.6 Å². The quantitative estimate of drug-likeness (QED) is 0.350. The van der Waals surface area contributed by atoms with Crippen molar-refractivity contribution in [1.82, 2.24) is 30.3 Å². The molecule has 2 N–H and O–H groups in total. The van der Waals surface area contributed by atoms with Gasteiger partial charge in [-0.15, -0.1) is 0 Å². The van der Waals surface area contributed by atoms with Crippen LogP contribution in [0.5, 0.6) is 11.5 Å². The molecular weight excluding hydrogens is 603 g/mol. The molecule has 0 spiro atoms. The van der Waals surface area contributed by atoms with Gasteiger partial charge in [-0.25, -0.2) is 4.39 Å². The van der Waals surface area contributed by atoms with Crippen LogP contribution in [0, 0.1) is 19.7 Å². The van der Waals surface area contributed by atoms with Crippen molar-refractivity contribution in [2.24, 2.45) is 7.05 Å². The Bertz CT molecular complexity index is 1820. The average molecular weight is 641 g/mol. The molecule has 47 heavy (non-hydrogen) atoms. The van der Waals surface area contributed by atoms with Crippen molar-refractivity contribution in [2.45, 2.75) is 51.8 Å². The minimum atomic E-state index is -0.601. The summed E-state index contributed by atoms with van der Waals surface area (Å²) in [7, 11) is 1.89. The van der Waals surface area contributed by atoms with Crippen LogP contribution in [-0.4, -0.2) is 69.2 Å². The molecule has 12 heteroatoms. The van der Waals surface area contributed by atoms with E-state index in [1.54, 1.807) is 41.4 Å². The standard InChI is InChI=1S/C35H37FN6O5/c1-21-30(22(2)41(3)40-21)7-8-34(44)42-10-9-32-31(19-42)39-35(45)26-13-25(17-37-18-26)24-5-4-6-28(14-24)46-20-33(43)38-16-23-11-27(36)15-29(12-23)47-32/h4-6,11-15,17-18,31-32H,7-10,16,19-20H2,1-3H3,(H,38,43)(H,39,45)/t31-,32+/m1/s1. The van der Waals surface area contributed by atoms with Gasteiger partial charge in [0.25, 0.3) is 11.8 Å². The minimum absolute atomic E-state index is 0.0366. The predicted octanol–water partition coefficient (Wildman–Crippen LogP) is 3.66. The summed E-state index contributed by atoms with van der Waals surface area (Å²) >= 11 is 0. The van der Waals surface area contributed by atoms with Crippen molar-refractivity contribution in [1.29, 1.82) is 0 Å². The molecule has 6 bridgehead atoms. The number of rotatable bonds is 3. The number of nitrogens with one attached hydrogen (secondary N) is 2. The fraction of sp³-hybridized carbons (Fsp3) is 0.343. The van der Waals surface area contributed by atoms with E-state index in [9.17, 15) is 18.8 Å². The number of carbonyl (C=O) groups excluding carboxylic acids is 3. The maximum absolute atomic E-state index is 14.7. The first-order valence-corrected chi connectivity index (χ1v) is 15.6. The van der Waals surface area contributed by atoms with Gasteiger partial charge in [0, 0.05) is 69.2 Å². The van der Waals surface area contributed by atoms with Crippen molar-refractivity contribution in [3.63, 3.8) is 0 Å². The van der Waals surface area contributed by atoms with Crippen molar-refractivity contribution < 1.29 is 28.2 Å². The number of nitrogens with zero attached hydrogens (tertiary/aromatic N) is 4. The Kier molecular flexibility index (Phi) is 9.19. The topological polar surface area (TPSA) is 128 Å². The second-order valence-corrected chi connectivity index (χ2v) is 12.0. The molecule has 6 rings (SSSR count). The van der Waals surface area contributed by atoms with Gasteiger partial charge in [0.1, 0.15) is 23.4 Å². The lowest BCUT2D eigenvalue weighted by atomic mass is 9.99. The van der Waals surface area contributed by atoms with Crippen molar-refractivity contribution in [3.05, 3.63) is 94.8 Å². The van der Waals surface area contributed by atoms with Crippen LogP contribution in [0.3, 0.4) is 0 Å². The zero-order valence-corrected chi connectivity index (χ0v) is 26.6. The van der Waals surface area contributed by atoms with E-state index in [1.807, 2.05) is 31.6 Å². The highest BCUT2D eigenvalue weighted by atomic mass is 19.1. The number of hydrogen-bond donors (Lipinski definition) is 2. The van der Waals surface area contributed by atoms with Crippen molar-refractivity contribution >= 4 is 17.7 Å². The van der Waals surface area contributed by atoms with Gasteiger partial charge in [0.2, 0.25) is 5.91 Å². The molecule has 1 saturated heterocycles. The van der Waals surface area contributed by atoms with E-state index in [-0.39, 0.29) is 43.2 Å². The fourth-order valence-corrected chi connectivity index (χ4v) is 6.11. The normalized spacial score (nSPS) is 18.3. The van der Waals surface area contributed by atoms with Crippen LogP contribution < -0.4 is 20.1 Å². The minimum Gasteiger partial charge on any atom is -0.488 e. The third-order valence-electron chi connectivity index (χ3n) is 8.71. The first-order valence-electron chi connectivity index (χ1n) is 15.6. The summed E-state index contributed by atoms with van der Waals surface area (Å²) in [5.74, 6) is -0.586. The van der Waals surface area contributed by atoms with E-state index < -0.39 is 18.0 Å². The van der Waals surface area contributed by atoms with Crippen LogP contribution in [0.15, 0.2) is 60.9 Å². The summed E-state index contributed by atoms with van der Waals surface area (Å²) in [4.78, 5) is 45.7. The van der Waals surface area contributed by atoms with Crippen LogP contribution >= 0.6 is 0 Å². The SMILES string of the molecule is Cc1nn(C)c(C)c1CCC(=O)N1CC[C@@H]2Oc3cc(F)cc(c3)CNC(=O)COc3cccc(c3)-c3cncc(c3)C(=O)N[C@@H]2C1. The lowest BCUT2D eigenvalue weighted by Gasteiger charge is -2.39. The summed E-state index contributed by atoms with van der Waals surface area (Å²) in [6.07, 6.45) is 3.83. The molecule has 2 aliphatic heterocycles. The van der Waals surface area contributed by atoms with Crippen LogP contribution in [0.4, 0.5) is 4.39 Å². The highest BCUT2D eigenvalue weighted by Crippen LogP contribution is 2.26. The van der Waals surface area contributed by atoms with Crippen LogP contribution in [-0.2, 0) is 29.6 Å². The molecule has 2 aromatic heterocycles. The number of fused-ring (bicyclic) bond motifs is 8. The maximum atomic E-state index is 14.7. The average Bonchev–Trinajstić information content (AvgIpc) is 3.31. The van der Waals surface area contributed by atoms with Crippen LogP contribution in [0.2, 0.25) is 0 Å². The number of halogens is 1. The van der Waals surface area contributed by atoms with Crippen LogP contribution in [0.25, 0.3) is 11.1 Å². The predicted molar refractivity (Wildman–Crippen MR) is 171 cm³/mol. The monoisotopic (exact) mass is 640 g/mol. The molecule has 0 saturated carbocycles. The number of pyridine rings is 1. The third kappa shape index (κ3) is 7.43. The van der Waals surface area contributed by atoms with E-state index in [4.69, 9.17) is 9.47 Å². The lowest BCUT2D eigenvalue weighted by molar-refractivity contribution is -0.133. The number of likely N-dealkylation sites (tertiary alicyclic amines) is 1. The Labute approximate surface area is 272 Å². The lowest BCUT2D eigenvalue weighted by Crippen LogP contribution is -2.58. The highest BCUT2D eigenvalue weighted by molar-refractivity contribution is 5.95. The molecule has 244 valence electrons. The Balaban J connectivity index is 1.28. The zero-order valence-electron chi connectivity index (χ0n) is 26.6. The molecule has 4 aromatic rings. The number of hydrogen-bond acceptors (Lipinski definition) is 7. The Hall–Kier alpha value is -5.26. The van der Waals surface area contributed by atoms with Crippen molar-refractivity contribution in [2.75, 3.05) is 19.7 Å². The molecule has 11 nitrogen and oxygen atoms in total. The first-order chi connectivity index (χ1) is 22.6. The van der Waals surface area contributed by atoms with Gasteiger partial charge in [-0.2, -0.15) is 5.10 Å². The maximum Gasteiger partial charge on any atom is 0.258 e. The number of ether oxygens (including phenoxy) is 2. The summed E-state index contributed by atoms with van der Waals surface area (Å²) in [5.41, 5.74) is 5.25. The van der Waals surface area contributed by atoms with E-state index in [0.717, 1.165) is 22.5 Å². The summed E-state index contributed by atoms with van der Waals surface area (Å²) < 4.78 is 28.5. The molecule has 2 aliphatic rings. The van der Waals surface area contributed by atoms with E-state index in [2.05, 4.69) is 20.7 Å². The Morgan fingerprint density at radius 1 is 1.04 bits per heavy atom. The van der Waals surface area contributed by atoms with Gasteiger partial charge in [0.05, 0.1) is 17.3 Å². The summed E-state index contributed by atoms with van der Waals surface area (Å²) in [6, 6.07) is 12.5. The molecule has 2 aromatic carbocycles. The number of carbonyl (C=O) groups is 3. The third-order valence-corrected chi connectivity index (χ3v) is 8.71. The largest absolute Gasteiger partial charge is 0.488 e.